The zero-order chi connectivity index (χ0) is 26.3. The van der Waals surface area contributed by atoms with E-state index in [1.807, 2.05) is 0 Å². The van der Waals surface area contributed by atoms with Crippen LogP contribution in [-0.2, 0) is 34.0 Å². The van der Waals surface area contributed by atoms with Gasteiger partial charge in [-0.25, -0.2) is 13.4 Å². The number of pyridine rings is 1. The van der Waals surface area contributed by atoms with E-state index in [1.165, 1.54) is 13.1 Å². The zero-order valence-corrected chi connectivity index (χ0v) is 20.3. The van der Waals surface area contributed by atoms with Crippen molar-refractivity contribution in [2.24, 2.45) is 0 Å². The summed E-state index contributed by atoms with van der Waals surface area (Å²) in [5, 5.41) is 8.19. The Labute approximate surface area is 205 Å². The lowest BCUT2D eigenvalue weighted by atomic mass is 10.1. The van der Waals surface area contributed by atoms with E-state index in [2.05, 4.69) is 30.9 Å². The molecule has 1 amide bonds. The molecule has 4 rings (SSSR count). The van der Waals surface area contributed by atoms with Gasteiger partial charge in [-0.3, -0.25) is 14.1 Å². The molecule has 0 saturated heterocycles. The molecule has 3 heterocycles. The highest BCUT2D eigenvalue weighted by Crippen LogP contribution is 2.35. The van der Waals surface area contributed by atoms with Gasteiger partial charge in [0, 0.05) is 30.3 Å². The molecule has 190 valence electrons. The van der Waals surface area contributed by atoms with Crippen LogP contribution in [0.1, 0.15) is 22.5 Å². The number of aromatic nitrogens is 3. The average molecular weight is 522 g/mol. The smallest absolute Gasteiger partial charge is 0.364 e. The van der Waals surface area contributed by atoms with Crippen LogP contribution in [0.15, 0.2) is 36.5 Å². The summed E-state index contributed by atoms with van der Waals surface area (Å²) in [5.41, 5.74) is 1.81. The lowest BCUT2D eigenvalue weighted by Crippen LogP contribution is -2.27. The van der Waals surface area contributed by atoms with Crippen molar-refractivity contribution in [1.29, 1.82) is 0 Å². The number of rotatable bonds is 7. The summed E-state index contributed by atoms with van der Waals surface area (Å²) >= 11 is 0. The number of alkyl halides is 3. The molecule has 0 atom stereocenters. The van der Waals surface area contributed by atoms with Crippen molar-refractivity contribution >= 4 is 44.8 Å². The Morgan fingerprint density at radius 2 is 1.92 bits per heavy atom. The van der Waals surface area contributed by atoms with Gasteiger partial charge in [-0.1, -0.05) is 0 Å². The first kappa shape index (κ1) is 25.2. The number of sulfonamides is 1. The first-order valence-corrected chi connectivity index (χ1v) is 12.4. The van der Waals surface area contributed by atoms with Crippen LogP contribution < -0.4 is 20.3 Å². The topological polar surface area (TPSA) is 129 Å². The maximum atomic E-state index is 13.7. The molecule has 0 fully saturated rings. The Morgan fingerprint density at radius 3 is 2.61 bits per heavy atom. The van der Waals surface area contributed by atoms with E-state index in [4.69, 9.17) is 0 Å². The summed E-state index contributed by atoms with van der Waals surface area (Å²) in [6.07, 6.45) is -2.88. The molecule has 10 nitrogen and oxygen atoms in total. The summed E-state index contributed by atoms with van der Waals surface area (Å²) in [6.45, 7) is 1.45. The van der Waals surface area contributed by atoms with Crippen LogP contribution >= 0.6 is 0 Å². The Hall–Kier alpha value is -3.94. The molecule has 0 unspecified atom stereocenters. The number of fused-ring (bicyclic) bond motifs is 1. The predicted octanol–water partition coefficient (Wildman–Crippen LogP) is 3.44. The molecule has 1 aliphatic heterocycles. The van der Waals surface area contributed by atoms with Gasteiger partial charge in [0.25, 0.3) is 0 Å². The molecule has 2 aromatic heterocycles. The van der Waals surface area contributed by atoms with E-state index in [0.29, 0.717) is 23.3 Å². The second-order valence-electron chi connectivity index (χ2n) is 8.18. The van der Waals surface area contributed by atoms with Crippen molar-refractivity contribution < 1.29 is 26.4 Å². The average Bonchev–Trinajstić information content (AvgIpc) is 3.15. The number of halogens is 3. The molecule has 1 aromatic carbocycles. The fourth-order valence-corrected chi connectivity index (χ4v) is 4.11. The van der Waals surface area contributed by atoms with Crippen LogP contribution in [0.5, 0.6) is 0 Å². The number of amides is 1. The molecule has 0 spiro atoms. The quantitative estimate of drug-likeness (QED) is 0.431. The minimum Gasteiger partial charge on any atom is -0.364 e. The third-order valence-electron chi connectivity index (χ3n) is 5.43. The lowest BCUT2D eigenvalue weighted by molar-refractivity contribution is -0.137. The van der Waals surface area contributed by atoms with Gasteiger partial charge in [-0.15, -0.1) is 0 Å². The van der Waals surface area contributed by atoms with Gasteiger partial charge >= 0.3 is 6.18 Å². The van der Waals surface area contributed by atoms with Crippen molar-refractivity contribution in [3.8, 4) is 0 Å². The second-order valence-corrected chi connectivity index (χ2v) is 10.2. The standard InChI is InChI=1S/C22H22F3N7O3S/c1-12-4-7-18(32(2)36(3,34)35)17(28-12)11-26-20-15(22(23,24)25)10-27-21(31-20)29-14-5-6-16-13(8-14)9-19(33)30-16/h4-8,10H,9,11H2,1-3H3,(H,30,33)(H2,26,27,29,31). The Morgan fingerprint density at radius 1 is 1.17 bits per heavy atom. The number of hydrogen-bond donors (Lipinski definition) is 3. The Bertz CT molecular complexity index is 1450. The lowest BCUT2D eigenvalue weighted by Gasteiger charge is -2.21. The van der Waals surface area contributed by atoms with Gasteiger partial charge in [0.2, 0.25) is 21.9 Å². The minimum absolute atomic E-state index is 0.103. The van der Waals surface area contributed by atoms with Crippen molar-refractivity contribution in [2.45, 2.75) is 26.1 Å². The molecular weight excluding hydrogens is 499 g/mol. The van der Waals surface area contributed by atoms with E-state index in [0.717, 1.165) is 16.1 Å². The van der Waals surface area contributed by atoms with E-state index in [-0.39, 0.29) is 36.2 Å². The fourth-order valence-electron chi connectivity index (χ4n) is 3.59. The minimum atomic E-state index is -4.74. The van der Waals surface area contributed by atoms with Crippen LogP contribution in [0.4, 0.5) is 42.0 Å². The number of nitrogens with one attached hydrogen (secondary N) is 3. The molecule has 0 radical (unpaired) electrons. The molecule has 0 aliphatic carbocycles. The molecule has 3 aromatic rings. The SMILES string of the molecule is Cc1ccc(N(C)S(C)(=O)=O)c(CNc2nc(Nc3ccc4c(c3)CC(=O)N4)ncc2C(F)(F)F)n1. The molecule has 0 saturated carbocycles. The van der Waals surface area contributed by atoms with Gasteiger partial charge in [-0.05, 0) is 42.8 Å². The summed E-state index contributed by atoms with van der Waals surface area (Å²) < 4.78 is 66.0. The molecule has 14 heteroatoms. The van der Waals surface area contributed by atoms with E-state index >= 15 is 0 Å². The van der Waals surface area contributed by atoms with Crippen molar-refractivity contribution in [3.05, 3.63) is 59.0 Å². The van der Waals surface area contributed by atoms with Gasteiger partial charge < -0.3 is 16.0 Å². The Balaban J connectivity index is 1.63. The van der Waals surface area contributed by atoms with Crippen molar-refractivity contribution in [1.82, 2.24) is 15.0 Å². The number of anilines is 5. The third-order valence-corrected chi connectivity index (χ3v) is 6.62. The highest BCUT2D eigenvalue weighted by Gasteiger charge is 2.35. The summed E-state index contributed by atoms with van der Waals surface area (Å²) in [5.74, 6) is -0.757. The van der Waals surface area contributed by atoms with Crippen LogP contribution in [0.2, 0.25) is 0 Å². The molecular formula is C22H22F3N7O3S. The zero-order valence-electron chi connectivity index (χ0n) is 19.4. The first-order chi connectivity index (χ1) is 16.8. The van der Waals surface area contributed by atoms with Crippen LogP contribution in [0.3, 0.4) is 0 Å². The van der Waals surface area contributed by atoms with E-state index < -0.39 is 27.6 Å². The number of hydrogen-bond acceptors (Lipinski definition) is 8. The monoisotopic (exact) mass is 521 g/mol. The number of nitrogens with zero attached hydrogens (tertiary/aromatic N) is 4. The highest BCUT2D eigenvalue weighted by molar-refractivity contribution is 7.92. The maximum Gasteiger partial charge on any atom is 0.421 e. The first-order valence-electron chi connectivity index (χ1n) is 10.6. The molecule has 1 aliphatic rings. The van der Waals surface area contributed by atoms with Gasteiger partial charge in [-0.2, -0.15) is 18.2 Å². The Kier molecular flexibility index (Phi) is 6.47. The number of carbonyl (C=O) groups excluding carboxylic acids is 1. The van der Waals surface area contributed by atoms with Gasteiger partial charge in [0.05, 0.1) is 30.6 Å². The largest absolute Gasteiger partial charge is 0.421 e. The number of aryl methyl sites for hydroxylation is 1. The van der Waals surface area contributed by atoms with Crippen LogP contribution in [-0.4, -0.2) is 42.6 Å². The van der Waals surface area contributed by atoms with Gasteiger partial charge in [0.1, 0.15) is 11.4 Å². The normalized spacial score (nSPS) is 13.2. The third kappa shape index (κ3) is 5.48. The highest BCUT2D eigenvalue weighted by atomic mass is 32.2. The number of carbonyl (C=O) groups is 1. The maximum absolute atomic E-state index is 13.7. The molecule has 3 N–H and O–H groups in total. The molecule has 36 heavy (non-hydrogen) atoms. The summed E-state index contributed by atoms with van der Waals surface area (Å²) in [6, 6.07) is 8.14. The summed E-state index contributed by atoms with van der Waals surface area (Å²) in [7, 11) is -2.30. The van der Waals surface area contributed by atoms with Crippen molar-refractivity contribution in [3.63, 3.8) is 0 Å². The second kappa shape index (κ2) is 9.26. The van der Waals surface area contributed by atoms with Crippen molar-refractivity contribution in [2.75, 3.05) is 33.6 Å². The van der Waals surface area contributed by atoms with Crippen LogP contribution in [0, 0.1) is 6.92 Å². The number of benzene rings is 1. The van der Waals surface area contributed by atoms with Crippen LogP contribution in [0.25, 0.3) is 0 Å². The summed E-state index contributed by atoms with van der Waals surface area (Å²) in [4.78, 5) is 23.7. The van der Waals surface area contributed by atoms with E-state index in [9.17, 15) is 26.4 Å². The molecule has 0 bridgehead atoms. The van der Waals surface area contributed by atoms with E-state index in [1.54, 1.807) is 31.2 Å². The fraction of sp³-hybridized carbons (Fsp3) is 0.273. The predicted molar refractivity (Wildman–Crippen MR) is 129 cm³/mol. The van der Waals surface area contributed by atoms with Gasteiger partial charge in [0.15, 0.2) is 0 Å².